The minimum atomic E-state index is -1.53. The van der Waals surface area contributed by atoms with Gasteiger partial charge in [0.15, 0.2) is 11.7 Å². The number of amides is 1. The van der Waals surface area contributed by atoms with Crippen molar-refractivity contribution in [3.63, 3.8) is 0 Å². The maximum Gasteiger partial charge on any atom is 0.249 e. The molecule has 0 fully saturated rings. The number of nitrogens with zero attached hydrogens (tertiary/aromatic N) is 1. The number of nitriles is 1. The third-order valence-corrected chi connectivity index (χ3v) is 3.74. The van der Waals surface area contributed by atoms with Crippen molar-refractivity contribution in [3.8, 4) is 6.07 Å². The van der Waals surface area contributed by atoms with Gasteiger partial charge in [-0.05, 0) is 42.7 Å². The molecule has 1 amide bonds. The number of nitrogens with one attached hydrogen (secondary N) is 1. The minimum Gasteiger partial charge on any atom is -0.325 e. The highest BCUT2D eigenvalue weighted by molar-refractivity contribution is 6.15. The van der Waals surface area contributed by atoms with Crippen LogP contribution in [0.2, 0.25) is 0 Å². The average molecular weight is 324 g/mol. The molecule has 1 atom stereocenters. The smallest absolute Gasteiger partial charge is 0.249 e. The van der Waals surface area contributed by atoms with Gasteiger partial charge in [0.25, 0.3) is 0 Å². The molecular formula is C19H17FN2O2. The largest absolute Gasteiger partial charge is 0.325 e. The SMILES string of the molecule is CCc1ccc(NC(=O)C(C#N)C(=O)c2ccc(C)c(F)c2)cc1. The Balaban J connectivity index is 2.16. The number of ketones is 1. The number of hydrogen-bond acceptors (Lipinski definition) is 3. The molecular weight excluding hydrogens is 307 g/mol. The van der Waals surface area contributed by atoms with E-state index in [1.165, 1.54) is 12.1 Å². The van der Waals surface area contributed by atoms with E-state index in [0.29, 0.717) is 11.3 Å². The highest BCUT2D eigenvalue weighted by Gasteiger charge is 2.28. The van der Waals surface area contributed by atoms with Gasteiger partial charge in [-0.15, -0.1) is 0 Å². The summed E-state index contributed by atoms with van der Waals surface area (Å²) in [6, 6.07) is 12.7. The Labute approximate surface area is 139 Å². The quantitative estimate of drug-likeness (QED) is 0.674. The van der Waals surface area contributed by atoms with Crippen LogP contribution >= 0.6 is 0 Å². The summed E-state index contributed by atoms with van der Waals surface area (Å²) in [4.78, 5) is 24.5. The standard InChI is InChI=1S/C19H17FN2O2/c1-3-13-5-8-15(9-6-13)22-19(24)16(11-21)18(23)14-7-4-12(2)17(20)10-14/h4-10,16H,3H2,1-2H3,(H,22,24). The van der Waals surface area contributed by atoms with E-state index in [2.05, 4.69) is 5.32 Å². The second-order valence-corrected chi connectivity index (χ2v) is 5.43. The van der Waals surface area contributed by atoms with Gasteiger partial charge in [0.2, 0.25) is 5.91 Å². The summed E-state index contributed by atoms with van der Waals surface area (Å²) in [6.45, 7) is 3.58. The zero-order chi connectivity index (χ0) is 17.7. The molecule has 0 aromatic heterocycles. The Morgan fingerprint density at radius 2 is 1.88 bits per heavy atom. The number of aryl methyl sites for hydroxylation is 2. The number of halogens is 1. The maximum atomic E-state index is 13.6. The number of benzene rings is 2. The van der Waals surface area contributed by atoms with Crippen LogP contribution in [-0.2, 0) is 11.2 Å². The van der Waals surface area contributed by atoms with E-state index in [9.17, 15) is 19.2 Å². The van der Waals surface area contributed by atoms with Crippen molar-refractivity contribution in [1.82, 2.24) is 0 Å². The molecule has 2 aromatic carbocycles. The zero-order valence-corrected chi connectivity index (χ0v) is 13.5. The van der Waals surface area contributed by atoms with E-state index in [1.54, 1.807) is 25.1 Å². The summed E-state index contributed by atoms with van der Waals surface area (Å²) in [5, 5.41) is 11.7. The summed E-state index contributed by atoms with van der Waals surface area (Å²) >= 11 is 0. The van der Waals surface area contributed by atoms with Gasteiger partial charge in [0.1, 0.15) is 5.82 Å². The van der Waals surface area contributed by atoms with Crippen molar-refractivity contribution < 1.29 is 14.0 Å². The third kappa shape index (κ3) is 3.85. The van der Waals surface area contributed by atoms with Crippen molar-refractivity contribution in [2.24, 2.45) is 5.92 Å². The average Bonchev–Trinajstić information content (AvgIpc) is 2.58. The van der Waals surface area contributed by atoms with Crippen LogP contribution in [0.15, 0.2) is 42.5 Å². The van der Waals surface area contributed by atoms with Crippen LogP contribution in [-0.4, -0.2) is 11.7 Å². The van der Waals surface area contributed by atoms with Gasteiger partial charge in [0.05, 0.1) is 6.07 Å². The topological polar surface area (TPSA) is 70.0 Å². The van der Waals surface area contributed by atoms with Gasteiger partial charge in [-0.3, -0.25) is 9.59 Å². The van der Waals surface area contributed by atoms with Gasteiger partial charge in [-0.25, -0.2) is 4.39 Å². The number of carbonyl (C=O) groups is 2. The van der Waals surface area contributed by atoms with Crippen LogP contribution in [0.4, 0.5) is 10.1 Å². The molecule has 2 rings (SSSR count). The highest BCUT2D eigenvalue weighted by atomic mass is 19.1. The van der Waals surface area contributed by atoms with Crippen LogP contribution in [0.25, 0.3) is 0 Å². The lowest BCUT2D eigenvalue weighted by Crippen LogP contribution is -2.28. The molecule has 24 heavy (non-hydrogen) atoms. The Morgan fingerprint density at radius 3 is 2.42 bits per heavy atom. The summed E-state index contributed by atoms with van der Waals surface area (Å²) in [5.41, 5.74) is 2.00. The minimum absolute atomic E-state index is 0.00105. The van der Waals surface area contributed by atoms with Crippen LogP contribution in [0.1, 0.15) is 28.4 Å². The molecule has 0 aliphatic rings. The predicted molar refractivity (Wildman–Crippen MR) is 89.0 cm³/mol. The fourth-order valence-corrected chi connectivity index (χ4v) is 2.19. The predicted octanol–water partition coefficient (Wildman–Crippen LogP) is 3.66. The molecule has 0 saturated carbocycles. The van der Waals surface area contributed by atoms with Crippen LogP contribution < -0.4 is 5.32 Å². The van der Waals surface area contributed by atoms with Crippen LogP contribution in [0.5, 0.6) is 0 Å². The highest BCUT2D eigenvalue weighted by Crippen LogP contribution is 2.16. The molecule has 0 aliphatic carbocycles. The van der Waals surface area contributed by atoms with Crippen molar-refractivity contribution >= 4 is 17.4 Å². The first-order valence-corrected chi connectivity index (χ1v) is 7.56. The molecule has 0 radical (unpaired) electrons. The first-order chi connectivity index (χ1) is 11.5. The van der Waals surface area contributed by atoms with Gasteiger partial charge < -0.3 is 5.32 Å². The second-order valence-electron chi connectivity index (χ2n) is 5.43. The van der Waals surface area contributed by atoms with E-state index >= 15 is 0 Å². The van der Waals surface area contributed by atoms with Gasteiger partial charge in [-0.1, -0.05) is 31.2 Å². The summed E-state index contributed by atoms with van der Waals surface area (Å²) in [6.07, 6.45) is 0.868. The summed E-state index contributed by atoms with van der Waals surface area (Å²) in [5.74, 6) is -3.53. The molecule has 2 aromatic rings. The Kier molecular flexibility index (Phi) is 5.43. The van der Waals surface area contributed by atoms with Crippen molar-refractivity contribution in [2.75, 3.05) is 5.32 Å². The fourth-order valence-electron chi connectivity index (χ4n) is 2.19. The third-order valence-electron chi connectivity index (χ3n) is 3.74. The number of carbonyl (C=O) groups excluding carboxylic acids is 2. The molecule has 1 unspecified atom stereocenters. The lowest BCUT2D eigenvalue weighted by atomic mass is 9.97. The van der Waals surface area contributed by atoms with E-state index in [0.717, 1.165) is 18.1 Å². The fraction of sp³-hybridized carbons (Fsp3) is 0.211. The monoisotopic (exact) mass is 324 g/mol. The normalized spacial score (nSPS) is 11.4. The summed E-state index contributed by atoms with van der Waals surface area (Å²) in [7, 11) is 0. The Morgan fingerprint density at radius 1 is 1.21 bits per heavy atom. The maximum absolute atomic E-state index is 13.6. The van der Waals surface area contributed by atoms with Crippen molar-refractivity contribution in [2.45, 2.75) is 20.3 Å². The second kappa shape index (κ2) is 7.51. The van der Waals surface area contributed by atoms with Crippen molar-refractivity contribution in [3.05, 3.63) is 65.0 Å². The molecule has 0 bridgehead atoms. The zero-order valence-electron chi connectivity index (χ0n) is 13.5. The lowest BCUT2D eigenvalue weighted by Gasteiger charge is -2.10. The molecule has 0 heterocycles. The molecule has 4 nitrogen and oxygen atoms in total. The first kappa shape index (κ1) is 17.4. The first-order valence-electron chi connectivity index (χ1n) is 7.56. The van der Waals surface area contributed by atoms with E-state index in [-0.39, 0.29) is 5.56 Å². The summed E-state index contributed by atoms with van der Waals surface area (Å²) < 4.78 is 13.6. The van der Waals surface area contributed by atoms with Crippen molar-refractivity contribution in [1.29, 1.82) is 5.26 Å². The molecule has 0 saturated heterocycles. The van der Waals surface area contributed by atoms with E-state index in [4.69, 9.17) is 0 Å². The van der Waals surface area contributed by atoms with Crippen LogP contribution in [0.3, 0.4) is 0 Å². The van der Waals surface area contributed by atoms with E-state index < -0.39 is 23.4 Å². The Hall–Kier alpha value is -3.00. The van der Waals surface area contributed by atoms with Gasteiger partial charge >= 0.3 is 0 Å². The number of rotatable bonds is 5. The number of hydrogen-bond donors (Lipinski definition) is 1. The van der Waals surface area contributed by atoms with Gasteiger partial charge in [-0.2, -0.15) is 5.26 Å². The molecule has 122 valence electrons. The number of Topliss-reactive ketones (excluding diaryl/α,β-unsaturated/α-hetero) is 1. The van der Waals surface area contributed by atoms with E-state index in [1.807, 2.05) is 19.1 Å². The Bertz CT molecular complexity index is 807. The molecule has 5 heteroatoms. The lowest BCUT2D eigenvalue weighted by molar-refractivity contribution is -0.117. The van der Waals surface area contributed by atoms with Crippen LogP contribution in [0, 0.1) is 30.0 Å². The molecule has 0 aliphatic heterocycles. The molecule has 1 N–H and O–H groups in total. The van der Waals surface area contributed by atoms with Gasteiger partial charge in [0, 0.05) is 11.3 Å². The molecule has 0 spiro atoms. The number of anilines is 1.